The molecular formula is C18H24F3NOS. The molecule has 0 spiro atoms. The van der Waals surface area contributed by atoms with Crippen molar-refractivity contribution < 1.29 is 18.0 Å². The molecule has 2 atom stereocenters. The molecule has 1 aromatic carbocycles. The topological polar surface area (TPSA) is 20.3 Å². The monoisotopic (exact) mass is 359 g/mol. The van der Waals surface area contributed by atoms with Gasteiger partial charge in [0.15, 0.2) is 0 Å². The zero-order valence-electron chi connectivity index (χ0n) is 14.1. The number of nitrogens with zero attached hydrogens (tertiary/aromatic N) is 1. The summed E-state index contributed by atoms with van der Waals surface area (Å²) >= 11 is 1.42. The predicted octanol–water partition coefficient (Wildman–Crippen LogP) is 5.50. The van der Waals surface area contributed by atoms with Gasteiger partial charge in [-0.15, -0.1) is 11.8 Å². The van der Waals surface area contributed by atoms with E-state index in [0.717, 1.165) is 31.7 Å². The van der Waals surface area contributed by atoms with Crippen LogP contribution in [0.4, 0.5) is 13.2 Å². The van der Waals surface area contributed by atoms with Crippen molar-refractivity contribution in [1.82, 2.24) is 4.90 Å². The first-order chi connectivity index (χ1) is 11.4. The van der Waals surface area contributed by atoms with E-state index in [1.54, 1.807) is 11.0 Å². The average molecular weight is 359 g/mol. The Kier molecular flexibility index (Phi) is 6.61. The predicted molar refractivity (Wildman–Crippen MR) is 91.7 cm³/mol. The van der Waals surface area contributed by atoms with Crippen molar-refractivity contribution in [2.24, 2.45) is 5.92 Å². The molecule has 6 heteroatoms. The number of benzene rings is 1. The summed E-state index contributed by atoms with van der Waals surface area (Å²) in [5.74, 6) is 0.578. The fourth-order valence-corrected chi connectivity index (χ4v) is 4.41. The van der Waals surface area contributed by atoms with Crippen LogP contribution >= 0.6 is 11.8 Å². The summed E-state index contributed by atoms with van der Waals surface area (Å²) in [6, 6.07) is 5.61. The summed E-state index contributed by atoms with van der Waals surface area (Å²) < 4.78 is 39.9. The highest BCUT2D eigenvalue weighted by Gasteiger charge is 2.40. The fraction of sp³-hybridized carbons (Fsp3) is 0.611. The lowest BCUT2D eigenvalue weighted by atomic mass is 9.97. The number of carbonyl (C=O) groups excluding carboxylic acids is 1. The van der Waals surface area contributed by atoms with Crippen LogP contribution in [-0.2, 0) is 11.0 Å². The van der Waals surface area contributed by atoms with Crippen molar-refractivity contribution >= 4 is 17.7 Å². The van der Waals surface area contributed by atoms with E-state index in [2.05, 4.69) is 6.92 Å². The van der Waals surface area contributed by atoms with Gasteiger partial charge in [0.25, 0.3) is 0 Å². The molecule has 1 aliphatic rings. The minimum atomic E-state index is -4.40. The van der Waals surface area contributed by atoms with Crippen LogP contribution < -0.4 is 0 Å². The first-order valence-electron chi connectivity index (χ1n) is 8.48. The average Bonchev–Trinajstić information content (AvgIpc) is 3.04. The number of halogens is 3. The van der Waals surface area contributed by atoms with Crippen molar-refractivity contribution in [1.29, 1.82) is 0 Å². The van der Waals surface area contributed by atoms with E-state index in [1.807, 2.05) is 6.92 Å². The van der Waals surface area contributed by atoms with Gasteiger partial charge in [0, 0.05) is 18.2 Å². The quantitative estimate of drug-likeness (QED) is 0.669. The van der Waals surface area contributed by atoms with E-state index < -0.39 is 17.1 Å². The summed E-state index contributed by atoms with van der Waals surface area (Å²) in [5, 5.41) is -0.536. The Morgan fingerprint density at radius 2 is 2.04 bits per heavy atom. The number of hydrogen-bond donors (Lipinski definition) is 0. The molecule has 134 valence electrons. The second-order valence-electron chi connectivity index (χ2n) is 6.09. The minimum Gasteiger partial charge on any atom is -0.325 e. The molecule has 1 aromatic rings. The smallest absolute Gasteiger partial charge is 0.325 e. The standard InChI is InChI=1S/C18H24F3NOS/c1-3-5-8-13(4-2)16(23)22-11-12-24-17(22)14-9-6-7-10-15(14)18(19,20)21/h6-7,9-10,13,17H,3-5,8,11-12H2,1-2H3/t13-,17-/m1/s1. The summed E-state index contributed by atoms with van der Waals surface area (Å²) in [6.45, 7) is 4.56. The van der Waals surface area contributed by atoms with E-state index in [1.165, 1.54) is 23.9 Å². The van der Waals surface area contributed by atoms with E-state index in [9.17, 15) is 18.0 Å². The fourth-order valence-electron chi connectivity index (χ4n) is 3.11. The molecular weight excluding hydrogens is 335 g/mol. The van der Waals surface area contributed by atoms with Gasteiger partial charge >= 0.3 is 6.18 Å². The molecule has 0 unspecified atom stereocenters. The minimum absolute atomic E-state index is 0.00192. The maximum absolute atomic E-state index is 13.3. The first-order valence-corrected chi connectivity index (χ1v) is 9.53. The van der Waals surface area contributed by atoms with Gasteiger partial charge < -0.3 is 4.90 Å². The van der Waals surface area contributed by atoms with Crippen LogP contribution in [0.2, 0.25) is 0 Å². The summed E-state index contributed by atoms with van der Waals surface area (Å²) in [6.07, 6.45) is -0.886. The maximum atomic E-state index is 13.3. The zero-order chi connectivity index (χ0) is 17.7. The van der Waals surface area contributed by atoms with Crippen LogP contribution in [0.5, 0.6) is 0 Å². The Morgan fingerprint density at radius 1 is 1.33 bits per heavy atom. The number of alkyl halides is 3. The lowest BCUT2D eigenvalue weighted by Crippen LogP contribution is -2.36. The molecule has 1 heterocycles. The Labute approximate surface area is 145 Å². The molecule has 0 bridgehead atoms. The van der Waals surface area contributed by atoms with Crippen molar-refractivity contribution in [2.75, 3.05) is 12.3 Å². The summed E-state index contributed by atoms with van der Waals surface area (Å²) in [5.41, 5.74) is -0.435. The third-order valence-corrected chi connectivity index (χ3v) is 5.70. The number of carbonyl (C=O) groups is 1. The van der Waals surface area contributed by atoms with E-state index in [-0.39, 0.29) is 17.4 Å². The molecule has 0 saturated carbocycles. The largest absolute Gasteiger partial charge is 0.416 e. The van der Waals surface area contributed by atoms with Gasteiger partial charge in [0.1, 0.15) is 5.37 Å². The lowest BCUT2D eigenvalue weighted by molar-refractivity contribution is -0.141. The van der Waals surface area contributed by atoms with Gasteiger partial charge in [-0.3, -0.25) is 4.79 Å². The number of thioether (sulfide) groups is 1. The zero-order valence-corrected chi connectivity index (χ0v) is 14.9. The molecule has 2 nitrogen and oxygen atoms in total. The van der Waals surface area contributed by atoms with Crippen molar-refractivity contribution in [3.05, 3.63) is 35.4 Å². The first kappa shape index (κ1) is 19.2. The molecule has 2 rings (SSSR count). The number of unbranched alkanes of at least 4 members (excludes halogenated alkanes) is 1. The number of hydrogen-bond acceptors (Lipinski definition) is 2. The second-order valence-corrected chi connectivity index (χ2v) is 7.28. The molecule has 24 heavy (non-hydrogen) atoms. The molecule has 1 saturated heterocycles. The molecule has 1 fully saturated rings. The van der Waals surface area contributed by atoms with Crippen LogP contribution in [0.1, 0.15) is 56.0 Å². The summed E-state index contributed by atoms with van der Waals surface area (Å²) in [7, 11) is 0. The SMILES string of the molecule is CCCC[C@@H](CC)C(=O)N1CCS[C@@H]1c1ccccc1C(F)(F)F. The third kappa shape index (κ3) is 4.26. The molecule has 0 aromatic heterocycles. The van der Waals surface area contributed by atoms with Crippen molar-refractivity contribution in [2.45, 2.75) is 51.1 Å². The second kappa shape index (κ2) is 8.28. The van der Waals surface area contributed by atoms with Crippen molar-refractivity contribution in [3.63, 3.8) is 0 Å². The molecule has 1 amide bonds. The Balaban J connectivity index is 2.27. The van der Waals surface area contributed by atoms with E-state index in [4.69, 9.17) is 0 Å². The highest BCUT2D eigenvalue weighted by atomic mass is 32.2. The third-order valence-electron chi connectivity index (χ3n) is 4.45. The molecule has 0 N–H and O–H groups in total. The van der Waals surface area contributed by atoms with Crippen LogP contribution in [0.25, 0.3) is 0 Å². The highest BCUT2D eigenvalue weighted by molar-refractivity contribution is 7.99. The van der Waals surface area contributed by atoms with Crippen molar-refractivity contribution in [3.8, 4) is 0 Å². The van der Waals surface area contributed by atoms with Crippen LogP contribution in [0.15, 0.2) is 24.3 Å². The number of rotatable bonds is 6. The van der Waals surface area contributed by atoms with Crippen LogP contribution in [-0.4, -0.2) is 23.1 Å². The van der Waals surface area contributed by atoms with Gasteiger partial charge in [-0.25, -0.2) is 0 Å². The maximum Gasteiger partial charge on any atom is 0.416 e. The van der Waals surface area contributed by atoms with Gasteiger partial charge in [0.05, 0.1) is 5.56 Å². The van der Waals surface area contributed by atoms with Crippen LogP contribution in [0.3, 0.4) is 0 Å². The Morgan fingerprint density at radius 3 is 2.67 bits per heavy atom. The Bertz CT molecular complexity index is 561. The lowest BCUT2D eigenvalue weighted by Gasteiger charge is -2.29. The Hall–Kier alpha value is -1.17. The van der Waals surface area contributed by atoms with Gasteiger partial charge in [0.2, 0.25) is 5.91 Å². The molecule has 1 aliphatic heterocycles. The van der Waals surface area contributed by atoms with Gasteiger partial charge in [-0.2, -0.15) is 13.2 Å². The van der Waals surface area contributed by atoms with Crippen LogP contribution in [0, 0.1) is 5.92 Å². The normalized spacial score (nSPS) is 19.5. The molecule has 0 aliphatic carbocycles. The summed E-state index contributed by atoms with van der Waals surface area (Å²) in [4.78, 5) is 14.5. The number of amides is 1. The highest BCUT2D eigenvalue weighted by Crippen LogP contribution is 2.44. The van der Waals surface area contributed by atoms with E-state index >= 15 is 0 Å². The molecule has 0 radical (unpaired) electrons. The van der Waals surface area contributed by atoms with Gasteiger partial charge in [-0.1, -0.05) is 44.9 Å². The van der Waals surface area contributed by atoms with E-state index in [0.29, 0.717) is 12.3 Å². The van der Waals surface area contributed by atoms with Gasteiger partial charge in [-0.05, 0) is 24.5 Å².